The molecule has 1 aliphatic heterocycles. The maximum Gasteiger partial charge on any atom is 0.0957 e. The van der Waals surface area contributed by atoms with Crippen molar-refractivity contribution in [2.24, 2.45) is 5.92 Å². The van der Waals surface area contributed by atoms with Crippen LogP contribution in [-0.2, 0) is 0 Å². The molecular formula is C17H26N2O. The lowest BCUT2D eigenvalue weighted by Crippen LogP contribution is -2.34. The Morgan fingerprint density at radius 1 is 1.25 bits per heavy atom. The molecule has 2 aliphatic rings. The minimum absolute atomic E-state index is 0.423. The van der Waals surface area contributed by atoms with Crippen molar-refractivity contribution < 1.29 is 5.11 Å². The van der Waals surface area contributed by atoms with Gasteiger partial charge in [-0.25, -0.2) is 0 Å². The van der Waals surface area contributed by atoms with Crippen molar-refractivity contribution >= 4 is 5.69 Å². The smallest absolute Gasteiger partial charge is 0.0957 e. The fourth-order valence-corrected chi connectivity index (χ4v) is 3.92. The van der Waals surface area contributed by atoms with Crippen LogP contribution in [0.4, 0.5) is 5.69 Å². The molecule has 1 aromatic rings. The molecule has 0 aromatic carbocycles. The van der Waals surface area contributed by atoms with E-state index in [0.29, 0.717) is 0 Å². The van der Waals surface area contributed by atoms with Gasteiger partial charge in [0.25, 0.3) is 0 Å². The van der Waals surface area contributed by atoms with Crippen LogP contribution < -0.4 is 4.90 Å². The molecule has 0 bridgehead atoms. The summed E-state index contributed by atoms with van der Waals surface area (Å²) in [5.41, 5.74) is 2.04. The molecule has 0 amide bonds. The molecule has 0 spiro atoms. The van der Waals surface area contributed by atoms with Gasteiger partial charge in [-0.2, -0.15) is 0 Å². The van der Waals surface area contributed by atoms with Crippen molar-refractivity contribution in [3.8, 4) is 0 Å². The minimum Gasteiger partial charge on any atom is -0.387 e. The molecule has 110 valence electrons. The Hall–Kier alpha value is -1.09. The van der Waals surface area contributed by atoms with Crippen LogP contribution in [0, 0.1) is 5.92 Å². The van der Waals surface area contributed by atoms with E-state index in [1.54, 1.807) is 0 Å². The van der Waals surface area contributed by atoms with Crippen LogP contribution in [0.25, 0.3) is 0 Å². The third kappa shape index (κ3) is 2.69. The van der Waals surface area contributed by atoms with E-state index in [4.69, 9.17) is 0 Å². The highest BCUT2D eigenvalue weighted by molar-refractivity contribution is 5.47. The Bertz CT molecular complexity index is 425. The topological polar surface area (TPSA) is 36.4 Å². The van der Waals surface area contributed by atoms with E-state index in [2.05, 4.69) is 16.0 Å². The summed E-state index contributed by atoms with van der Waals surface area (Å²) in [5.74, 6) is 0.887. The Labute approximate surface area is 122 Å². The third-order valence-corrected chi connectivity index (χ3v) is 5.07. The molecule has 3 nitrogen and oxygen atoms in total. The number of rotatable bonds is 4. The number of anilines is 1. The molecule has 20 heavy (non-hydrogen) atoms. The number of aliphatic hydroxyl groups is 1. The third-order valence-electron chi connectivity index (χ3n) is 5.07. The van der Waals surface area contributed by atoms with Crippen LogP contribution in [-0.4, -0.2) is 22.7 Å². The lowest BCUT2D eigenvalue weighted by Gasteiger charge is -2.31. The predicted octanol–water partition coefficient (Wildman–Crippen LogP) is 3.68. The summed E-state index contributed by atoms with van der Waals surface area (Å²) < 4.78 is 0. The normalized spacial score (nSPS) is 25.3. The SMILES string of the molecule is CC[C@@H](O)c1ccc(N2CCCC2C2CCCC2)cn1. The first-order valence-corrected chi connectivity index (χ1v) is 8.20. The van der Waals surface area contributed by atoms with Gasteiger partial charge in [0.15, 0.2) is 0 Å². The number of nitrogens with zero attached hydrogens (tertiary/aromatic N) is 2. The highest BCUT2D eigenvalue weighted by atomic mass is 16.3. The van der Waals surface area contributed by atoms with Crippen LogP contribution in [0.3, 0.4) is 0 Å². The molecule has 0 radical (unpaired) electrons. The van der Waals surface area contributed by atoms with Gasteiger partial charge in [0.05, 0.1) is 23.7 Å². The van der Waals surface area contributed by atoms with Gasteiger partial charge in [-0.15, -0.1) is 0 Å². The first kappa shape index (κ1) is 13.9. The van der Waals surface area contributed by atoms with E-state index in [1.165, 1.54) is 50.8 Å². The molecule has 1 aliphatic carbocycles. The molecule has 2 atom stereocenters. The minimum atomic E-state index is -0.423. The van der Waals surface area contributed by atoms with Gasteiger partial charge in [-0.1, -0.05) is 19.8 Å². The second-order valence-corrected chi connectivity index (χ2v) is 6.31. The van der Waals surface area contributed by atoms with Crippen molar-refractivity contribution in [1.29, 1.82) is 0 Å². The van der Waals surface area contributed by atoms with Crippen molar-refractivity contribution in [3.63, 3.8) is 0 Å². The molecule has 3 heteroatoms. The Balaban J connectivity index is 1.74. The summed E-state index contributed by atoms with van der Waals surface area (Å²) in [4.78, 5) is 7.02. The van der Waals surface area contributed by atoms with Gasteiger partial charge in [-0.3, -0.25) is 4.98 Å². The Morgan fingerprint density at radius 2 is 2.05 bits per heavy atom. The van der Waals surface area contributed by atoms with E-state index in [0.717, 1.165) is 24.1 Å². The van der Waals surface area contributed by atoms with Crippen molar-refractivity contribution in [2.75, 3.05) is 11.4 Å². The van der Waals surface area contributed by atoms with Gasteiger partial charge in [0, 0.05) is 12.6 Å². The lowest BCUT2D eigenvalue weighted by atomic mass is 9.96. The highest BCUT2D eigenvalue weighted by Crippen LogP contribution is 2.37. The van der Waals surface area contributed by atoms with E-state index in [-0.39, 0.29) is 0 Å². The van der Waals surface area contributed by atoms with E-state index >= 15 is 0 Å². The monoisotopic (exact) mass is 274 g/mol. The second-order valence-electron chi connectivity index (χ2n) is 6.31. The van der Waals surface area contributed by atoms with Gasteiger partial charge in [0.1, 0.15) is 0 Å². The summed E-state index contributed by atoms with van der Waals surface area (Å²) in [5, 5.41) is 9.83. The summed E-state index contributed by atoms with van der Waals surface area (Å²) >= 11 is 0. The molecule has 3 rings (SSSR count). The van der Waals surface area contributed by atoms with Crippen LogP contribution in [0.1, 0.15) is 63.7 Å². The average Bonchev–Trinajstić information content (AvgIpc) is 3.16. The molecule has 2 heterocycles. The Morgan fingerprint density at radius 3 is 2.70 bits per heavy atom. The van der Waals surface area contributed by atoms with E-state index < -0.39 is 6.10 Å². The molecule has 1 saturated heterocycles. The van der Waals surface area contributed by atoms with Gasteiger partial charge >= 0.3 is 0 Å². The van der Waals surface area contributed by atoms with E-state index in [9.17, 15) is 5.11 Å². The van der Waals surface area contributed by atoms with Crippen LogP contribution >= 0.6 is 0 Å². The molecule has 1 saturated carbocycles. The number of hydrogen-bond acceptors (Lipinski definition) is 3. The first-order valence-electron chi connectivity index (χ1n) is 8.20. The van der Waals surface area contributed by atoms with Crippen molar-refractivity contribution in [1.82, 2.24) is 4.98 Å². The number of pyridine rings is 1. The number of aromatic nitrogens is 1. The van der Waals surface area contributed by atoms with Crippen molar-refractivity contribution in [3.05, 3.63) is 24.0 Å². The molecule has 1 unspecified atom stereocenters. The zero-order chi connectivity index (χ0) is 13.9. The van der Waals surface area contributed by atoms with Crippen LogP contribution in [0.5, 0.6) is 0 Å². The fourth-order valence-electron chi connectivity index (χ4n) is 3.92. The second kappa shape index (κ2) is 6.13. The maximum absolute atomic E-state index is 9.83. The van der Waals surface area contributed by atoms with Crippen LogP contribution in [0.15, 0.2) is 18.3 Å². The van der Waals surface area contributed by atoms with Crippen LogP contribution in [0.2, 0.25) is 0 Å². The Kier molecular flexibility index (Phi) is 4.25. The largest absolute Gasteiger partial charge is 0.387 e. The highest BCUT2D eigenvalue weighted by Gasteiger charge is 2.33. The molecule has 2 fully saturated rings. The zero-order valence-electron chi connectivity index (χ0n) is 12.5. The standard InChI is InChI=1S/C17H26N2O/c1-2-17(20)15-10-9-14(12-18-15)19-11-5-8-16(19)13-6-3-4-7-13/h9-10,12-13,16-17,20H,2-8,11H2,1H3/t16?,17-/m1/s1. The summed E-state index contributed by atoms with van der Waals surface area (Å²) in [6.45, 7) is 3.15. The molecule has 1 aromatic heterocycles. The molecule has 1 N–H and O–H groups in total. The summed E-state index contributed by atoms with van der Waals surface area (Å²) in [7, 11) is 0. The van der Waals surface area contributed by atoms with Gasteiger partial charge in [-0.05, 0) is 50.2 Å². The summed E-state index contributed by atoms with van der Waals surface area (Å²) in [6, 6.07) is 4.86. The molecular weight excluding hydrogens is 248 g/mol. The van der Waals surface area contributed by atoms with Crippen molar-refractivity contribution in [2.45, 2.75) is 64.0 Å². The van der Waals surface area contributed by atoms with Gasteiger partial charge in [0.2, 0.25) is 0 Å². The zero-order valence-corrected chi connectivity index (χ0v) is 12.5. The first-order chi connectivity index (χ1) is 9.79. The average molecular weight is 274 g/mol. The predicted molar refractivity (Wildman–Crippen MR) is 81.8 cm³/mol. The summed E-state index contributed by atoms with van der Waals surface area (Å²) in [6.07, 6.45) is 10.5. The number of hydrogen-bond donors (Lipinski definition) is 1. The number of aliphatic hydroxyl groups excluding tert-OH is 1. The maximum atomic E-state index is 9.83. The lowest BCUT2D eigenvalue weighted by molar-refractivity contribution is 0.169. The van der Waals surface area contributed by atoms with Gasteiger partial charge < -0.3 is 10.0 Å². The van der Waals surface area contributed by atoms with E-state index in [1.807, 2.05) is 19.2 Å². The quantitative estimate of drug-likeness (QED) is 0.909. The fraction of sp³-hybridized carbons (Fsp3) is 0.706.